The zero-order chi connectivity index (χ0) is 24.2. The number of alkyl halides is 3. The topological polar surface area (TPSA) is 78.4 Å². The number of aliphatic hydroxyl groups is 1. The molecule has 34 heavy (non-hydrogen) atoms. The number of amides is 1. The van der Waals surface area contributed by atoms with Crippen molar-refractivity contribution >= 4 is 39.8 Å². The van der Waals surface area contributed by atoms with Crippen molar-refractivity contribution in [3.8, 4) is 11.3 Å². The van der Waals surface area contributed by atoms with E-state index in [1.54, 1.807) is 0 Å². The van der Waals surface area contributed by atoms with Crippen molar-refractivity contribution in [3.05, 3.63) is 57.8 Å². The first-order chi connectivity index (χ1) is 16.2. The number of nitrogens with one attached hydrogen (secondary N) is 1. The summed E-state index contributed by atoms with van der Waals surface area (Å²) in [5.41, 5.74) is -1.54. The molecule has 3 aromatic rings. The molecule has 2 fully saturated rings. The number of thiazole rings is 1. The Balaban J connectivity index is 1.29. The van der Waals surface area contributed by atoms with Crippen LogP contribution in [0.5, 0.6) is 0 Å². The lowest BCUT2D eigenvalue weighted by Crippen LogP contribution is -2.26. The standard InChI is InChI=1S/C22H17ClF4N4O2S/c23-16-4-10(5-28-19(16)31-6-12-13(7-31)14(12)8-32)20(33)30-21-29-17(9-34-21)11-2-1-3-15(18(11)24)22(25,26)27/h1-5,9,12-14,32H,6-8H2,(H,29,30,33)/t12-,13+,14?. The zero-order valence-electron chi connectivity index (χ0n) is 17.3. The molecule has 1 aromatic carbocycles. The summed E-state index contributed by atoms with van der Waals surface area (Å²) in [6, 6.07) is 4.43. The summed E-state index contributed by atoms with van der Waals surface area (Å²) in [5, 5.41) is 13.6. The molecule has 2 aliphatic rings. The van der Waals surface area contributed by atoms with Crippen LogP contribution in [0.3, 0.4) is 0 Å². The van der Waals surface area contributed by atoms with Crippen molar-refractivity contribution < 1.29 is 27.5 Å². The summed E-state index contributed by atoms with van der Waals surface area (Å²) in [5.74, 6) is -0.199. The molecule has 3 atom stereocenters. The molecular formula is C22H17ClF4N4O2S. The van der Waals surface area contributed by atoms with Gasteiger partial charge in [-0.15, -0.1) is 11.3 Å². The summed E-state index contributed by atoms with van der Waals surface area (Å²) < 4.78 is 53.3. The predicted molar refractivity (Wildman–Crippen MR) is 119 cm³/mol. The molecule has 6 nitrogen and oxygen atoms in total. The number of pyridine rings is 1. The van der Waals surface area contributed by atoms with Crippen LogP contribution < -0.4 is 10.2 Å². The highest BCUT2D eigenvalue weighted by molar-refractivity contribution is 7.14. The number of piperidine rings is 1. The number of hydrogen-bond acceptors (Lipinski definition) is 6. The van der Waals surface area contributed by atoms with Crippen molar-refractivity contribution in [1.29, 1.82) is 0 Å². The van der Waals surface area contributed by atoms with Gasteiger partial charge in [0.2, 0.25) is 0 Å². The van der Waals surface area contributed by atoms with Gasteiger partial charge in [0.25, 0.3) is 5.91 Å². The maximum atomic E-state index is 14.4. The van der Waals surface area contributed by atoms with Crippen LogP contribution in [0, 0.1) is 23.6 Å². The average molecular weight is 513 g/mol. The highest BCUT2D eigenvalue weighted by Gasteiger charge is 2.55. The fourth-order valence-corrected chi connectivity index (χ4v) is 5.45. The van der Waals surface area contributed by atoms with Crippen LogP contribution in [0.15, 0.2) is 35.8 Å². The molecule has 2 N–H and O–H groups in total. The molecule has 1 saturated carbocycles. The number of benzene rings is 1. The smallest absolute Gasteiger partial charge is 0.396 e. The predicted octanol–water partition coefficient (Wildman–Crippen LogP) is 4.94. The normalized spacial score (nSPS) is 21.5. The van der Waals surface area contributed by atoms with E-state index in [1.807, 2.05) is 4.90 Å². The molecule has 5 rings (SSSR count). The number of anilines is 2. The van der Waals surface area contributed by atoms with Gasteiger partial charge >= 0.3 is 6.18 Å². The lowest BCUT2D eigenvalue weighted by molar-refractivity contribution is -0.139. The molecule has 0 radical (unpaired) electrons. The molecule has 1 aliphatic carbocycles. The number of aromatic nitrogens is 2. The number of hydrogen-bond donors (Lipinski definition) is 2. The Morgan fingerprint density at radius 2 is 2.03 bits per heavy atom. The Morgan fingerprint density at radius 3 is 2.68 bits per heavy atom. The molecule has 2 aromatic heterocycles. The van der Waals surface area contributed by atoms with Crippen LogP contribution in [0.4, 0.5) is 28.5 Å². The van der Waals surface area contributed by atoms with E-state index in [9.17, 15) is 27.5 Å². The lowest BCUT2D eigenvalue weighted by atomic mass is 10.1. The van der Waals surface area contributed by atoms with Crippen LogP contribution >= 0.6 is 22.9 Å². The van der Waals surface area contributed by atoms with Crippen LogP contribution in [0.2, 0.25) is 5.02 Å². The number of nitrogens with zero attached hydrogens (tertiary/aromatic N) is 3. The second kappa shape index (κ2) is 8.47. The van der Waals surface area contributed by atoms with Gasteiger partial charge in [-0.3, -0.25) is 10.1 Å². The Labute approximate surface area is 200 Å². The Bertz CT molecular complexity index is 1260. The average Bonchev–Trinajstić information content (AvgIpc) is 3.10. The summed E-state index contributed by atoms with van der Waals surface area (Å²) >= 11 is 7.31. The van der Waals surface area contributed by atoms with Gasteiger partial charge in [0.05, 0.1) is 21.8 Å². The van der Waals surface area contributed by atoms with Gasteiger partial charge in [0.1, 0.15) is 11.6 Å². The van der Waals surface area contributed by atoms with E-state index in [0.29, 0.717) is 34.7 Å². The Morgan fingerprint density at radius 1 is 1.29 bits per heavy atom. The van der Waals surface area contributed by atoms with Crippen LogP contribution in [0.1, 0.15) is 15.9 Å². The van der Waals surface area contributed by atoms with Gasteiger partial charge in [-0.2, -0.15) is 13.2 Å². The molecule has 178 valence electrons. The van der Waals surface area contributed by atoms with Gasteiger partial charge < -0.3 is 10.0 Å². The summed E-state index contributed by atoms with van der Waals surface area (Å²) in [6.45, 7) is 1.69. The Hall–Kier alpha value is -2.76. The van der Waals surface area contributed by atoms with Gasteiger partial charge in [-0.1, -0.05) is 17.7 Å². The largest absolute Gasteiger partial charge is 0.419 e. The molecule has 1 saturated heterocycles. The minimum absolute atomic E-state index is 0.0239. The van der Waals surface area contributed by atoms with E-state index in [-0.39, 0.29) is 28.6 Å². The fourth-order valence-electron chi connectivity index (χ4n) is 4.45. The van der Waals surface area contributed by atoms with E-state index in [4.69, 9.17) is 11.6 Å². The van der Waals surface area contributed by atoms with Gasteiger partial charge in [-0.25, -0.2) is 14.4 Å². The summed E-state index contributed by atoms with van der Waals surface area (Å²) in [4.78, 5) is 23.0. The van der Waals surface area contributed by atoms with Crippen LogP contribution in [-0.4, -0.2) is 40.7 Å². The highest BCUT2D eigenvalue weighted by atomic mass is 35.5. The molecule has 0 bridgehead atoms. The third-order valence-corrected chi connectivity index (χ3v) is 7.31. The fraction of sp³-hybridized carbons (Fsp3) is 0.318. The summed E-state index contributed by atoms with van der Waals surface area (Å²) in [7, 11) is 0. The maximum absolute atomic E-state index is 14.4. The van der Waals surface area contributed by atoms with Gasteiger partial charge in [0, 0.05) is 36.8 Å². The van der Waals surface area contributed by atoms with E-state index in [2.05, 4.69) is 15.3 Å². The van der Waals surface area contributed by atoms with Crippen LogP contribution in [-0.2, 0) is 6.18 Å². The Kier molecular flexibility index (Phi) is 5.73. The number of fused-ring (bicyclic) bond motifs is 1. The third kappa shape index (κ3) is 4.12. The number of aliphatic hydroxyl groups excluding tert-OH is 1. The van der Waals surface area contributed by atoms with Gasteiger partial charge in [-0.05, 0) is 36.0 Å². The first-order valence-corrected chi connectivity index (χ1v) is 11.6. The number of halogens is 5. The molecule has 3 heterocycles. The minimum atomic E-state index is -4.83. The number of rotatable bonds is 5. The first-order valence-electron chi connectivity index (χ1n) is 10.3. The zero-order valence-corrected chi connectivity index (χ0v) is 18.9. The van der Waals surface area contributed by atoms with Crippen molar-refractivity contribution in [2.24, 2.45) is 17.8 Å². The van der Waals surface area contributed by atoms with E-state index < -0.39 is 23.5 Å². The van der Waals surface area contributed by atoms with Crippen molar-refractivity contribution in [1.82, 2.24) is 9.97 Å². The molecule has 12 heteroatoms. The molecule has 1 amide bonds. The number of carbonyl (C=O) groups excluding carboxylic acids is 1. The van der Waals surface area contributed by atoms with Crippen molar-refractivity contribution in [3.63, 3.8) is 0 Å². The van der Waals surface area contributed by atoms with E-state index in [1.165, 1.54) is 23.7 Å². The SMILES string of the molecule is O=C(Nc1nc(-c2cccc(C(F)(F)F)c2F)cs1)c1cnc(N2C[C@@H]3C(CO)[C@@H]3C2)c(Cl)c1. The molecule has 0 spiro atoms. The van der Waals surface area contributed by atoms with Gasteiger partial charge in [0.15, 0.2) is 5.13 Å². The van der Waals surface area contributed by atoms with E-state index >= 15 is 0 Å². The van der Waals surface area contributed by atoms with E-state index in [0.717, 1.165) is 30.5 Å². The van der Waals surface area contributed by atoms with Crippen molar-refractivity contribution in [2.45, 2.75) is 6.18 Å². The lowest BCUT2D eigenvalue weighted by Gasteiger charge is -2.21. The molecular weight excluding hydrogens is 496 g/mol. The highest BCUT2D eigenvalue weighted by Crippen LogP contribution is 2.52. The number of carbonyl (C=O) groups is 1. The monoisotopic (exact) mass is 512 g/mol. The molecule has 1 aliphatic heterocycles. The first kappa shape index (κ1) is 23.0. The third-order valence-electron chi connectivity index (χ3n) is 6.27. The maximum Gasteiger partial charge on any atom is 0.419 e. The van der Waals surface area contributed by atoms with Crippen LogP contribution in [0.25, 0.3) is 11.3 Å². The van der Waals surface area contributed by atoms with Crippen molar-refractivity contribution in [2.75, 3.05) is 29.9 Å². The second-order valence-corrected chi connectivity index (χ2v) is 9.53. The minimum Gasteiger partial charge on any atom is -0.396 e. The quantitative estimate of drug-likeness (QED) is 0.473. The molecule has 1 unspecified atom stereocenters. The summed E-state index contributed by atoms with van der Waals surface area (Å²) in [6.07, 6.45) is -3.45. The second-order valence-electron chi connectivity index (χ2n) is 8.27.